The number of fused-ring (bicyclic) bond motifs is 3. The Morgan fingerprint density at radius 1 is 1.08 bits per heavy atom. The zero-order valence-corrected chi connectivity index (χ0v) is 20.6. The molecule has 190 valence electrons. The van der Waals surface area contributed by atoms with Crippen LogP contribution in [-0.4, -0.2) is 65.7 Å². The predicted molar refractivity (Wildman–Crippen MR) is 134 cm³/mol. The Labute approximate surface area is 215 Å². The van der Waals surface area contributed by atoms with Crippen molar-refractivity contribution in [3.8, 4) is 17.6 Å². The summed E-state index contributed by atoms with van der Waals surface area (Å²) in [5, 5.41) is 35.2. The van der Waals surface area contributed by atoms with E-state index >= 15 is 0 Å². The van der Waals surface area contributed by atoms with Crippen molar-refractivity contribution in [1.29, 1.82) is 5.26 Å². The lowest BCUT2D eigenvalue weighted by atomic mass is 9.68. The van der Waals surface area contributed by atoms with Gasteiger partial charge in [0.1, 0.15) is 17.1 Å². The lowest BCUT2D eigenvalue weighted by molar-refractivity contribution is -0.205. The number of β-amino-alcohol motifs (C(OH)–C–C–N with tert-alkyl or cyclic N) is 1. The van der Waals surface area contributed by atoms with Crippen molar-refractivity contribution >= 4 is 0 Å². The first-order valence-electron chi connectivity index (χ1n) is 12.5. The molecule has 1 aromatic heterocycles. The molecular formula is C29H29N3O5. The molecule has 1 saturated heterocycles. The number of nitriles is 1. The summed E-state index contributed by atoms with van der Waals surface area (Å²) in [5.74, 6) is 0.298. The van der Waals surface area contributed by atoms with E-state index < -0.39 is 22.7 Å². The van der Waals surface area contributed by atoms with Crippen molar-refractivity contribution in [3.63, 3.8) is 0 Å². The highest BCUT2D eigenvalue weighted by Crippen LogP contribution is 2.71. The largest absolute Gasteiger partial charge is 0.495 e. The minimum Gasteiger partial charge on any atom is -0.495 e. The van der Waals surface area contributed by atoms with Crippen molar-refractivity contribution in [1.82, 2.24) is 9.88 Å². The second kappa shape index (κ2) is 8.82. The second-order valence-electron chi connectivity index (χ2n) is 10.0. The molecule has 0 spiro atoms. The first-order chi connectivity index (χ1) is 18.0. The van der Waals surface area contributed by atoms with Gasteiger partial charge in [0.05, 0.1) is 49.9 Å². The fraction of sp³-hybridized carbons (Fsp3) is 0.379. The van der Waals surface area contributed by atoms with E-state index in [0.29, 0.717) is 54.5 Å². The normalized spacial score (nSPS) is 30.7. The molecule has 0 unspecified atom stereocenters. The number of hydrogen-bond acceptors (Lipinski definition) is 8. The van der Waals surface area contributed by atoms with E-state index in [0.717, 1.165) is 5.56 Å². The topological polar surface area (TPSA) is 108 Å². The summed E-state index contributed by atoms with van der Waals surface area (Å²) < 4.78 is 18.0. The zero-order valence-electron chi connectivity index (χ0n) is 20.6. The predicted octanol–water partition coefficient (Wildman–Crippen LogP) is 2.69. The molecule has 1 saturated carbocycles. The Balaban J connectivity index is 1.63. The highest BCUT2D eigenvalue weighted by molar-refractivity contribution is 5.60. The number of aromatic nitrogens is 1. The highest BCUT2D eigenvalue weighted by atomic mass is 16.5. The highest BCUT2D eigenvalue weighted by Gasteiger charge is 2.79. The van der Waals surface area contributed by atoms with E-state index in [1.807, 2.05) is 42.5 Å². The van der Waals surface area contributed by atoms with E-state index in [4.69, 9.17) is 14.2 Å². The van der Waals surface area contributed by atoms with Gasteiger partial charge in [-0.25, -0.2) is 0 Å². The van der Waals surface area contributed by atoms with Crippen LogP contribution in [0, 0.1) is 11.3 Å². The summed E-state index contributed by atoms with van der Waals surface area (Å²) in [6, 6.07) is 19.0. The van der Waals surface area contributed by atoms with Gasteiger partial charge in [0.2, 0.25) is 0 Å². The van der Waals surface area contributed by atoms with Gasteiger partial charge >= 0.3 is 0 Å². The molecule has 1 aliphatic carbocycles. The molecule has 0 bridgehead atoms. The summed E-state index contributed by atoms with van der Waals surface area (Å²) in [6.45, 7) is 2.66. The SMILES string of the molecule is COc1cncc2c1[C@]1(O)[C@](O)(CN3CCOCC3)C[C@@H](c3ccccc3)[C@]1(c1ccc(C#N)cc1)O2. The molecule has 2 aliphatic heterocycles. The van der Waals surface area contributed by atoms with Crippen LogP contribution >= 0.6 is 0 Å². The third kappa shape index (κ3) is 3.32. The minimum atomic E-state index is -1.89. The molecule has 3 heterocycles. The number of pyridine rings is 1. The van der Waals surface area contributed by atoms with E-state index in [1.54, 1.807) is 24.5 Å². The Kier molecular flexibility index (Phi) is 5.70. The average molecular weight is 500 g/mol. The number of morpholine rings is 1. The van der Waals surface area contributed by atoms with Crippen LogP contribution in [-0.2, 0) is 15.9 Å². The van der Waals surface area contributed by atoms with Crippen LogP contribution in [0.25, 0.3) is 0 Å². The number of ether oxygens (including phenoxy) is 3. The molecule has 0 amide bonds. The fourth-order valence-corrected chi connectivity index (χ4v) is 6.58. The van der Waals surface area contributed by atoms with E-state index in [9.17, 15) is 15.5 Å². The maximum atomic E-state index is 13.1. The molecule has 37 heavy (non-hydrogen) atoms. The standard InChI is InChI=1S/C29H29N3O5/c1-35-24-17-31-18-25-26(24)29(34)27(33,19-32-11-13-36-14-12-32)15-23(21-5-3-2-4-6-21)28(29,37-25)22-9-7-20(16-30)8-10-22/h2-10,17-18,23,33-34H,11-15,19H2,1H3/t23-,27+,28-,29-/m0/s1. The van der Waals surface area contributed by atoms with Gasteiger partial charge in [-0.1, -0.05) is 42.5 Å². The molecule has 4 atom stereocenters. The maximum Gasteiger partial charge on any atom is 0.177 e. The average Bonchev–Trinajstić information content (AvgIpc) is 3.33. The Morgan fingerprint density at radius 3 is 2.49 bits per heavy atom. The molecule has 2 aromatic carbocycles. The van der Waals surface area contributed by atoms with Gasteiger partial charge < -0.3 is 24.4 Å². The Morgan fingerprint density at radius 2 is 1.81 bits per heavy atom. The van der Waals surface area contributed by atoms with Crippen LogP contribution < -0.4 is 9.47 Å². The molecule has 3 aliphatic rings. The minimum absolute atomic E-state index is 0.225. The van der Waals surface area contributed by atoms with Crippen molar-refractivity contribution < 1.29 is 24.4 Å². The molecule has 6 rings (SSSR count). The monoisotopic (exact) mass is 499 g/mol. The lowest BCUT2D eigenvalue weighted by Crippen LogP contribution is -2.62. The molecule has 8 nitrogen and oxygen atoms in total. The quantitative estimate of drug-likeness (QED) is 0.552. The van der Waals surface area contributed by atoms with Gasteiger partial charge in [-0.15, -0.1) is 0 Å². The molecule has 8 heteroatoms. The number of rotatable bonds is 5. The third-order valence-corrected chi connectivity index (χ3v) is 8.21. The third-order valence-electron chi connectivity index (χ3n) is 8.21. The summed E-state index contributed by atoms with van der Waals surface area (Å²) in [5.41, 5.74) is -2.42. The van der Waals surface area contributed by atoms with Crippen molar-refractivity contribution in [2.24, 2.45) is 0 Å². The smallest absolute Gasteiger partial charge is 0.177 e. The maximum absolute atomic E-state index is 13.1. The fourth-order valence-electron chi connectivity index (χ4n) is 6.58. The summed E-state index contributed by atoms with van der Waals surface area (Å²) in [7, 11) is 1.52. The first kappa shape index (κ1) is 23.9. The van der Waals surface area contributed by atoms with Crippen LogP contribution in [0.5, 0.6) is 11.5 Å². The molecule has 0 radical (unpaired) electrons. The summed E-state index contributed by atoms with van der Waals surface area (Å²) in [4.78, 5) is 6.42. The van der Waals surface area contributed by atoms with Gasteiger partial charge in [-0.3, -0.25) is 9.88 Å². The zero-order chi connectivity index (χ0) is 25.7. The molecular weight excluding hydrogens is 470 g/mol. The van der Waals surface area contributed by atoms with E-state index in [2.05, 4.69) is 16.0 Å². The van der Waals surface area contributed by atoms with Crippen molar-refractivity contribution in [2.75, 3.05) is 40.0 Å². The van der Waals surface area contributed by atoms with Gasteiger partial charge in [0.25, 0.3) is 0 Å². The summed E-state index contributed by atoms with van der Waals surface area (Å²) in [6.07, 6.45) is 3.35. The molecule has 3 aromatic rings. The van der Waals surface area contributed by atoms with E-state index in [1.165, 1.54) is 7.11 Å². The van der Waals surface area contributed by atoms with Crippen LogP contribution in [0.4, 0.5) is 0 Å². The van der Waals surface area contributed by atoms with Crippen molar-refractivity contribution in [2.45, 2.75) is 29.1 Å². The van der Waals surface area contributed by atoms with Gasteiger partial charge in [0, 0.05) is 25.6 Å². The van der Waals surface area contributed by atoms with Gasteiger partial charge in [-0.2, -0.15) is 5.26 Å². The van der Waals surface area contributed by atoms with Crippen LogP contribution in [0.2, 0.25) is 0 Å². The molecule has 2 fully saturated rings. The Bertz CT molecular complexity index is 1340. The number of methoxy groups -OCH3 is 1. The van der Waals surface area contributed by atoms with Crippen molar-refractivity contribution in [3.05, 3.63) is 89.2 Å². The van der Waals surface area contributed by atoms with Crippen LogP contribution in [0.1, 0.15) is 34.6 Å². The number of hydrogen-bond donors (Lipinski definition) is 2. The van der Waals surface area contributed by atoms with Crippen LogP contribution in [0.3, 0.4) is 0 Å². The number of aliphatic hydroxyl groups is 2. The summed E-state index contributed by atoms with van der Waals surface area (Å²) >= 11 is 0. The van der Waals surface area contributed by atoms with Crippen LogP contribution in [0.15, 0.2) is 67.0 Å². The first-order valence-corrected chi connectivity index (χ1v) is 12.5. The van der Waals surface area contributed by atoms with Gasteiger partial charge in [0.15, 0.2) is 11.2 Å². The van der Waals surface area contributed by atoms with Gasteiger partial charge in [-0.05, 0) is 29.7 Å². The Hall–Kier alpha value is -3.48. The lowest BCUT2D eigenvalue weighted by Gasteiger charge is -2.46. The van der Waals surface area contributed by atoms with E-state index in [-0.39, 0.29) is 13.0 Å². The number of nitrogens with zero attached hydrogens (tertiary/aromatic N) is 3. The second-order valence-corrected chi connectivity index (χ2v) is 10.0. The number of benzene rings is 2. The molecule has 2 N–H and O–H groups in total.